The van der Waals surface area contributed by atoms with Gasteiger partial charge >= 0.3 is 11.9 Å². The number of β-lactam (4-membered cyclic amide) rings is 1. The van der Waals surface area contributed by atoms with Crippen LogP contribution in [0.4, 0.5) is 0 Å². The molecule has 182 valence electrons. The molecule has 0 bridgehead atoms. The number of halogens is 1. The van der Waals surface area contributed by atoms with Crippen molar-refractivity contribution in [3.05, 3.63) is 83.6 Å². The van der Waals surface area contributed by atoms with E-state index in [1.165, 1.54) is 18.0 Å². The van der Waals surface area contributed by atoms with Crippen LogP contribution in [0.1, 0.15) is 24.2 Å². The van der Waals surface area contributed by atoms with Crippen LogP contribution in [-0.2, 0) is 28.7 Å². The van der Waals surface area contributed by atoms with E-state index in [0.29, 0.717) is 5.33 Å². The van der Waals surface area contributed by atoms with Gasteiger partial charge in [-0.1, -0.05) is 76.6 Å². The third-order valence-electron chi connectivity index (χ3n) is 5.47. The first kappa shape index (κ1) is 25.0. The fourth-order valence-electron chi connectivity index (χ4n) is 3.87. The van der Waals surface area contributed by atoms with Gasteiger partial charge in [0.2, 0.25) is 5.91 Å². The monoisotopic (exact) mass is 558 g/mol. The smallest absolute Gasteiger partial charge is 0.337 e. The quantitative estimate of drug-likeness (QED) is 0.302. The van der Waals surface area contributed by atoms with Crippen molar-refractivity contribution >= 4 is 51.4 Å². The summed E-state index contributed by atoms with van der Waals surface area (Å²) in [7, 11) is 0. The minimum Gasteiger partial charge on any atom is -0.461 e. The van der Waals surface area contributed by atoms with Gasteiger partial charge in [-0.25, -0.2) is 4.79 Å². The number of nitrogens with zero attached hydrogens (tertiary/aromatic N) is 1. The molecule has 10 heteroatoms. The highest BCUT2D eigenvalue weighted by Crippen LogP contribution is 2.42. The normalized spacial score (nSPS) is 20.9. The van der Waals surface area contributed by atoms with Gasteiger partial charge in [-0.15, -0.1) is 11.8 Å². The number of benzene rings is 2. The van der Waals surface area contributed by atoms with Crippen LogP contribution in [-0.4, -0.2) is 57.3 Å². The van der Waals surface area contributed by atoms with Crippen LogP contribution >= 0.6 is 27.7 Å². The topological polar surface area (TPSA) is 102 Å². The molecule has 0 spiro atoms. The summed E-state index contributed by atoms with van der Waals surface area (Å²) in [6.07, 6.45) is 0.641. The van der Waals surface area contributed by atoms with Gasteiger partial charge in [-0.3, -0.25) is 14.4 Å². The lowest BCUT2D eigenvalue weighted by Gasteiger charge is -2.48. The van der Waals surface area contributed by atoms with Crippen molar-refractivity contribution in [1.82, 2.24) is 10.2 Å². The van der Waals surface area contributed by atoms with Crippen molar-refractivity contribution in [3.63, 3.8) is 0 Å². The number of hydrogen-bond donors (Lipinski definition) is 1. The standard InChI is InChI=1S/C25H23BrN2O6S/c1-15(29)27-19-22(30)28-14-18(24(31)33-13-12-26)21(35-23(19)28)25(32)34-20(16-8-4-2-5-9-16)17-10-6-3-7-11-17/h2-11,14,19-21,23H,12-13H2,1H3,(H,27,29)/t19?,21?,23-/m1/s1. The van der Waals surface area contributed by atoms with Gasteiger partial charge in [0.1, 0.15) is 23.3 Å². The largest absolute Gasteiger partial charge is 0.461 e. The highest BCUT2D eigenvalue weighted by Gasteiger charge is 2.54. The molecule has 2 aliphatic rings. The van der Waals surface area contributed by atoms with Crippen molar-refractivity contribution < 1.29 is 28.7 Å². The number of esters is 2. The van der Waals surface area contributed by atoms with E-state index < -0.39 is 34.7 Å². The maximum Gasteiger partial charge on any atom is 0.337 e. The fraction of sp³-hybridized carbons (Fsp3) is 0.280. The molecular weight excluding hydrogens is 536 g/mol. The molecule has 2 amide bonds. The fourth-order valence-corrected chi connectivity index (χ4v) is 5.42. The molecule has 0 saturated carbocycles. The third-order valence-corrected chi connectivity index (χ3v) is 7.29. The Morgan fingerprint density at radius 3 is 2.20 bits per heavy atom. The Bertz CT molecular complexity index is 1100. The van der Waals surface area contributed by atoms with Gasteiger partial charge < -0.3 is 19.7 Å². The second-order valence-corrected chi connectivity index (χ2v) is 9.90. The Morgan fingerprint density at radius 1 is 1.06 bits per heavy atom. The summed E-state index contributed by atoms with van der Waals surface area (Å²) >= 11 is 4.29. The predicted octanol–water partition coefficient (Wildman–Crippen LogP) is 2.93. The number of carbonyl (C=O) groups is 4. The summed E-state index contributed by atoms with van der Waals surface area (Å²) in [5.41, 5.74) is 1.57. The summed E-state index contributed by atoms with van der Waals surface area (Å²) in [5.74, 6) is -2.07. The Morgan fingerprint density at radius 2 is 1.66 bits per heavy atom. The maximum absolute atomic E-state index is 13.5. The van der Waals surface area contributed by atoms with Gasteiger partial charge in [-0.05, 0) is 11.1 Å². The number of hydrogen-bond acceptors (Lipinski definition) is 7. The first-order valence-corrected chi connectivity index (χ1v) is 13.0. The van der Waals surface area contributed by atoms with Gasteiger partial charge in [-0.2, -0.15) is 0 Å². The summed E-state index contributed by atoms with van der Waals surface area (Å²) in [6, 6.07) is 17.8. The second-order valence-electron chi connectivity index (χ2n) is 7.88. The Hall–Kier alpha value is -3.11. The van der Waals surface area contributed by atoms with Gasteiger partial charge in [0.15, 0.2) is 6.10 Å². The van der Waals surface area contributed by atoms with E-state index in [0.717, 1.165) is 22.9 Å². The molecule has 8 nitrogen and oxygen atoms in total. The summed E-state index contributed by atoms with van der Waals surface area (Å²) in [5, 5.41) is 1.45. The van der Waals surface area contributed by atoms with Crippen LogP contribution < -0.4 is 5.32 Å². The number of rotatable bonds is 8. The first-order valence-electron chi connectivity index (χ1n) is 10.9. The van der Waals surface area contributed by atoms with Crippen LogP contribution in [0.5, 0.6) is 0 Å². The van der Waals surface area contributed by atoms with E-state index in [2.05, 4.69) is 21.2 Å². The average Bonchev–Trinajstić information content (AvgIpc) is 2.88. The Kier molecular flexibility index (Phi) is 7.92. The number of alkyl halides is 1. The lowest BCUT2D eigenvalue weighted by atomic mass is 10.0. The molecule has 0 radical (unpaired) electrons. The van der Waals surface area contributed by atoms with Crippen molar-refractivity contribution in [2.75, 3.05) is 11.9 Å². The maximum atomic E-state index is 13.5. The molecule has 0 aromatic heterocycles. The number of nitrogens with one attached hydrogen (secondary N) is 1. The lowest BCUT2D eigenvalue weighted by molar-refractivity contribution is -0.150. The summed E-state index contributed by atoms with van der Waals surface area (Å²) in [4.78, 5) is 51.7. The summed E-state index contributed by atoms with van der Waals surface area (Å²) < 4.78 is 11.2. The number of fused-ring (bicyclic) bond motifs is 1. The predicted molar refractivity (Wildman–Crippen MR) is 133 cm³/mol. The van der Waals surface area contributed by atoms with Crippen molar-refractivity contribution in [2.24, 2.45) is 0 Å². The van der Waals surface area contributed by atoms with E-state index >= 15 is 0 Å². The van der Waals surface area contributed by atoms with Crippen molar-refractivity contribution in [2.45, 2.75) is 29.7 Å². The van der Waals surface area contributed by atoms with Crippen molar-refractivity contribution in [1.29, 1.82) is 0 Å². The Balaban J connectivity index is 1.63. The van der Waals surface area contributed by atoms with E-state index in [-0.39, 0.29) is 24.0 Å². The molecule has 1 fully saturated rings. The lowest BCUT2D eigenvalue weighted by Crippen LogP contribution is -2.69. The van der Waals surface area contributed by atoms with Gasteiger partial charge in [0.25, 0.3) is 5.91 Å². The Labute approximate surface area is 215 Å². The number of amides is 2. The van der Waals surface area contributed by atoms with Crippen LogP contribution in [0.2, 0.25) is 0 Å². The van der Waals surface area contributed by atoms with Crippen LogP contribution in [0.25, 0.3) is 0 Å². The SMILES string of the molecule is CC(=O)NC1C(=O)N2C=C(C(=O)OCCBr)C(C(=O)OC(c3ccccc3)c3ccccc3)S[C@H]12. The van der Waals surface area contributed by atoms with E-state index in [9.17, 15) is 19.2 Å². The zero-order chi connectivity index (χ0) is 24.9. The molecule has 2 aliphatic heterocycles. The van der Waals surface area contributed by atoms with Gasteiger partial charge in [0.05, 0.1) is 5.57 Å². The van der Waals surface area contributed by atoms with Crippen molar-refractivity contribution in [3.8, 4) is 0 Å². The molecule has 1 saturated heterocycles. The number of ether oxygens (including phenoxy) is 2. The molecule has 2 unspecified atom stereocenters. The number of thioether (sulfide) groups is 1. The average molecular weight is 559 g/mol. The minimum atomic E-state index is -1.04. The van der Waals surface area contributed by atoms with Gasteiger partial charge in [0, 0.05) is 18.5 Å². The molecule has 2 aromatic carbocycles. The second kappa shape index (κ2) is 11.1. The van der Waals surface area contributed by atoms with Crippen LogP contribution in [0.15, 0.2) is 72.4 Å². The molecular formula is C25H23BrN2O6S. The first-order chi connectivity index (χ1) is 16.9. The van der Waals surface area contributed by atoms with Crippen LogP contribution in [0, 0.1) is 0 Å². The van der Waals surface area contributed by atoms with E-state index in [1.54, 1.807) is 0 Å². The van der Waals surface area contributed by atoms with E-state index in [1.807, 2.05) is 60.7 Å². The van der Waals surface area contributed by atoms with Crippen LogP contribution in [0.3, 0.4) is 0 Å². The molecule has 2 heterocycles. The minimum absolute atomic E-state index is 0.0201. The zero-order valence-corrected chi connectivity index (χ0v) is 21.2. The molecule has 4 rings (SSSR count). The molecule has 35 heavy (non-hydrogen) atoms. The molecule has 2 aromatic rings. The molecule has 3 atom stereocenters. The molecule has 1 N–H and O–H groups in total. The number of carbonyl (C=O) groups excluding carboxylic acids is 4. The highest BCUT2D eigenvalue weighted by molar-refractivity contribution is 9.09. The third kappa shape index (κ3) is 5.43. The highest BCUT2D eigenvalue weighted by atomic mass is 79.9. The molecule has 0 aliphatic carbocycles. The van der Waals surface area contributed by atoms with E-state index in [4.69, 9.17) is 9.47 Å². The zero-order valence-electron chi connectivity index (χ0n) is 18.8. The summed E-state index contributed by atoms with van der Waals surface area (Å²) in [6.45, 7) is 1.42.